The van der Waals surface area contributed by atoms with E-state index < -0.39 is 6.10 Å². The Bertz CT molecular complexity index is 910. The van der Waals surface area contributed by atoms with Gasteiger partial charge in [0.05, 0.1) is 11.8 Å². The fourth-order valence-electron chi connectivity index (χ4n) is 2.93. The predicted octanol–water partition coefficient (Wildman–Crippen LogP) is 5.87. The Morgan fingerprint density at radius 2 is 1.89 bits per heavy atom. The number of carbonyl (C=O) groups excluding carboxylic acids is 1. The molecule has 6 heteroatoms. The van der Waals surface area contributed by atoms with Crippen LogP contribution >= 0.6 is 22.9 Å². The second kappa shape index (κ2) is 9.82. The van der Waals surface area contributed by atoms with Gasteiger partial charge in [-0.15, -0.1) is 11.3 Å². The van der Waals surface area contributed by atoms with Crippen molar-refractivity contribution in [1.29, 1.82) is 0 Å². The van der Waals surface area contributed by atoms with Gasteiger partial charge in [-0.1, -0.05) is 67.4 Å². The maximum Gasteiger partial charge on any atom is 0.226 e. The lowest BCUT2D eigenvalue weighted by Crippen LogP contribution is -2.12. The highest BCUT2D eigenvalue weighted by Crippen LogP contribution is 2.33. The molecule has 1 heterocycles. The highest BCUT2D eigenvalue weighted by Gasteiger charge is 2.16. The molecule has 3 rings (SSSR count). The van der Waals surface area contributed by atoms with Crippen molar-refractivity contribution in [3.63, 3.8) is 0 Å². The van der Waals surface area contributed by atoms with E-state index in [1.807, 2.05) is 54.6 Å². The largest absolute Gasteiger partial charge is 0.388 e. The third-order valence-corrected chi connectivity index (χ3v) is 5.65. The van der Waals surface area contributed by atoms with Gasteiger partial charge in [-0.3, -0.25) is 4.79 Å². The second-order valence-electron chi connectivity index (χ2n) is 6.56. The van der Waals surface area contributed by atoms with E-state index in [9.17, 15) is 9.90 Å². The number of aliphatic hydroxyl groups excluding tert-OH is 1. The van der Waals surface area contributed by atoms with Crippen LogP contribution in [0.25, 0.3) is 11.3 Å². The molecule has 0 saturated heterocycles. The highest BCUT2D eigenvalue weighted by atomic mass is 35.5. The molecule has 0 saturated carbocycles. The Labute approximate surface area is 174 Å². The lowest BCUT2D eigenvalue weighted by Gasteiger charge is -2.10. The number of amides is 1. The Hall–Kier alpha value is -2.21. The van der Waals surface area contributed by atoms with E-state index >= 15 is 0 Å². The molecule has 4 nitrogen and oxygen atoms in total. The van der Waals surface area contributed by atoms with E-state index in [4.69, 9.17) is 11.6 Å². The Kier molecular flexibility index (Phi) is 7.20. The maximum atomic E-state index is 12.3. The lowest BCUT2D eigenvalue weighted by molar-refractivity contribution is -0.116. The number of nitrogens with one attached hydrogen (secondary N) is 1. The molecular formula is C22H23ClN2O2S. The molecule has 146 valence electrons. The van der Waals surface area contributed by atoms with E-state index in [-0.39, 0.29) is 12.3 Å². The molecule has 1 atom stereocenters. The summed E-state index contributed by atoms with van der Waals surface area (Å²) in [6.45, 7) is 2.12. The first-order chi connectivity index (χ1) is 13.6. The zero-order chi connectivity index (χ0) is 19.9. The van der Waals surface area contributed by atoms with Gasteiger partial charge >= 0.3 is 0 Å². The van der Waals surface area contributed by atoms with Crippen molar-refractivity contribution in [2.45, 2.75) is 38.7 Å². The van der Waals surface area contributed by atoms with E-state index in [0.717, 1.165) is 34.5 Å². The average molecular weight is 415 g/mol. The van der Waals surface area contributed by atoms with Crippen LogP contribution in [-0.4, -0.2) is 16.0 Å². The predicted molar refractivity (Wildman–Crippen MR) is 116 cm³/mol. The van der Waals surface area contributed by atoms with Crippen LogP contribution in [0.2, 0.25) is 5.02 Å². The molecule has 1 aromatic heterocycles. The number of aromatic nitrogens is 1. The van der Waals surface area contributed by atoms with Gasteiger partial charge in [0.1, 0.15) is 0 Å². The summed E-state index contributed by atoms with van der Waals surface area (Å²) in [4.78, 5) is 18.1. The van der Waals surface area contributed by atoms with Gasteiger partial charge < -0.3 is 10.4 Å². The molecule has 2 N–H and O–H groups in total. The summed E-state index contributed by atoms with van der Waals surface area (Å²) in [6, 6.07) is 16.9. The molecule has 3 aromatic rings. The average Bonchev–Trinajstić information content (AvgIpc) is 3.10. The van der Waals surface area contributed by atoms with E-state index in [1.54, 1.807) is 0 Å². The summed E-state index contributed by atoms with van der Waals surface area (Å²) >= 11 is 7.49. The van der Waals surface area contributed by atoms with Gasteiger partial charge in [-0.05, 0) is 30.5 Å². The van der Waals surface area contributed by atoms with Crippen LogP contribution in [0.15, 0.2) is 54.6 Å². The monoisotopic (exact) mass is 414 g/mol. The summed E-state index contributed by atoms with van der Waals surface area (Å²) in [5.74, 6) is -0.144. The minimum absolute atomic E-state index is 0.144. The van der Waals surface area contributed by atoms with Crippen LogP contribution < -0.4 is 5.32 Å². The lowest BCUT2D eigenvalue weighted by atomic mass is 10.1. The molecule has 0 unspecified atom stereocenters. The molecule has 0 aliphatic rings. The number of anilines is 1. The van der Waals surface area contributed by atoms with Gasteiger partial charge in [-0.2, -0.15) is 0 Å². The third-order valence-electron chi connectivity index (χ3n) is 4.37. The number of thiazole rings is 1. The van der Waals surface area contributed by atoms with E-state index in [2.05, 4.69) is 17.2 Å². The fraction of sp³-hybridized carbons (Fsp3) is 0.273. The maximum absolute atomic E-state index is 12.3. The van der Waals surface area contributed by atoms with Crippen molar-refractivity contribution >= 4 is 34.0 Å². The normalized spacial score (nSPS) is 12.0. The van der Waals surface area contributed by atoms with Crippen molar-refractivity contribution < 1.29 is 9.90 Å². The third kappa shape index (κ3) is 5.41. The molecule has 0 bridgehead atoms. The molecule has 0 radical (unpaired) electrons. The van der Waals surface area contributed by atoms with Gasteiger partial charge in [-0.25, -0.2) is 4.98 Å². The molecule has 2 aromatic carbocycles. The van der Waals surface area contributed by atoms with Crippen molar-refractivity contribution in [2.24, 2.45) is 0 Å². The van der Waals surface area contributed by atoms with Gasteiger partial charge in [0.15, 0.2) is 5.13 Å². The topological polar surface area (TPSA) is 62.2 Å². The number of rotatable bonds is 8. The summed E-state index contributed by atoms with van der Waals surface area (Å²) < 4.78 is 0. The smallest absolute Gasteiger partial charge is 0.226 e. The summed E-state index contributed by atoms with van der Waals surface area (Å²) in [6.07, 6.45) is 1.85. The van der Waals surface area contributed by atoms with E-state index in [0.29, 0.717) is 16.6 Å². The SMILES string of the molecule is CCCc1sc(NC(=O)CC[C@@H](O)c2ccccc2)nc1-c1ccc(Cl)cc1. The van der Waals surface area contributed by atoms with Crippen molar-refractivity contribution in [3.05, 3.63) is 70.1 Å². The zero-order valence-electron chi connectivity index (χ0n) is 15.7. The highest BCUT2D eigenvalue weighted by molar-refractivity contribution is 7.16. The zero-order valence-corrected chi connectivity index (χ0v) is 17.3. The Balaban J connectivity index is 1.65. The molecular weight excluding hydrogens is 392 g/mol. The molecule has 0 aliphatic carbocycles. The molecule has 0 fully saturated rings. The van der Waals surface area contributed by atoms with Crippen molar-refractivity contribution in [3.8, 4) is 11.3 Å². The summed E-state index contributed by atoms with van der Waals surface area (Å²) in [5, 5.41) is 14.4. The van der Waals surface area contributed by atoms with Crippen LogP contribution in [0.3, 0.4) is 0 Å². The Morgan fingerprint density at radius 1 is 1.18 bits per heavy atom. The van der Waals surface area contributed by atoms with Crippen molar-refractivity contribution in [1.82, 2.24) is 4.98 Å². The van der Waals surface area contributed by atoms with Crippen LogP contribution in [0.5, 0.6) is 0 Å². The molecule has 0 aliphatic heterocycles. The number of nitrogens with zero attached hydrogens (tertiary/aromatic N) is 1. The Morgan fingerprint density at radius 3 is 2.57 bits per heavy atom. The van der Waals surface area contributed by atoms with Crippen LogP contribution in [0.4, 0.5) is 5.13 Å². The first-order valence-electron chi connectivity index (χ1n) is 9.35. The van der Waals surface area contributed by atoms with Crippen LogP contribution in [-0.2, 0) is 11.2 Å². The summed E-state index contributed by atoms with van der Waals surface area (Å²) in [7, 11) is 0. The standard InChI is InChI=1S/C22H23ClN2O2S/c1-2-6-19-21(16-9-11-17(23)12-10-16)25-22(28-19)24-20(27)14-13-18(26)15-7-4-3-5-8-15/h3-5,7-12,18,26H,2,6,13-14H2,1H3,(H,24,25,27)/t18-/m1/s1. The molecule has 1 amide bonds. The molecule has 0 spiro atoms. The molecule has 28 heavy (non-hydrogen) atoms. The van der Waals surface area contributed by atoms with Crippen molar-refractivity contribution in [2.75, 3.05) is 5.32 Å². The first-order valence-corrected chi connectivity index (χ1v) is 10.5. The first kappa shape index (κ1) is 20.5. The minimum atomic E-state index is -0.650. The van der Waals surface area contributed by atoms with Crippen LogP contribution in [0.1, 0.15) is 42.7 Å². The number of halogens is 1. The number of carbonyl (C=O) groups is 1. The number of benzene rings is 2. The minimum Gasteiger partial charge on any atom is -0.388 e. The number of aryl methyl sites for hydroxylation is 1. The fourth-order valence-corrected chi connectivity index (χ4v) is 4.15. The summed E-state index contributed by atoms with van der Waals surface area (Å²) in [5.41, 5.74) is 2.70. The van der Waals surface area contributed by atoms with Crippen LogP contribution in [0, 0.1) is 0 Å². The van der Waals surface area contributed by atoms with Gasteiger partial charge in [0, 0.05) is 21.9 Å². The number of aliphatic hydroxyl groups is 1. The second-order valence-corrected chi connectivity index (χ2v) is 8.08. The van der Waals surface area contributed by atoms with Gasteiger partial charge in [0.2, 0.25) is 5.91 Å². The van der Waals surface area contributed by atoms with E-state index in [1.165, 1.54) is 11.3 Å². The number of hydrogen-bond acceptors (Lipinski definition) is 4. The quantitative estimate of drug-likeness (QED) is 0.484. The number of hydrogen-bond donors (Lipinski definition) is 2. The van der Waals surface area contributed by atoms with Gasteiger partial charge in [0.25, 0.3) is 0 Å².